The minimum atomic E-state index is 0.477. The van der Waals surface area contributed by atoms with E-state index in [1.54, 1.807) is 25.3 Å². The molecule has 23 heavy (non-hydrogen) atoms. The van der Waals surface area contributed by atoms with Crippen molar-refractivity contribution in [3.8, 4) is 5.75 Å². The van der Waals surface area contributed by atoms with Crippen LogP contribution in [0.4, 0.5) is 17.1 Å². The summed E-state index contributed by atoms with van der Waals surface area (Å²) in [4.78, 5) is 0. The number of hydrogen-bond donors (Lipinski definition) is 3. The SMILES string of the molecule is COc1ccc(N)cc1NC(=S)Nc1cccc2c1ccn2C. The van der Waals surface area contributed by atoms with Crippen LogP contribution in [0.1, 0.15) is 0 Å². The lowest BCUT2D eigenvalue weighted by molar-refractivity contribution is 0.417. The number of nitrogens with one attached hydrogen (secondary N) is 2. The number of hydrogen-bond acceptors (Lipinski definition) is 3. The molecule has 3 rings (SSSR count). The maximum absolute atomic E-state index is 5.83. The zero-order valence-corrected chi connectivity index (χ0v) is 13.8. The Hall–Kier alpha value is -2.73. The number of aromatic nitrogens is 1. The lowest BCUT2D eigenvalue weighted by atomic mass is 10.2. The second kappa shape index (κ2) is 6.18. The van der Waals surface area contributed by atoms with Gasteiger partial charge in [0.1, 0.15) is 5.75 Å². The Morgan fingerprint density at radius 3 is 2.70 bits per heavy atom. The first-order valence-corrected chi connectivity index (χ1v) is 7.55. The van der Waals surface area contributed by atoms with Crippen molar-refractivity contribution in [3.63, 3.8) is 0 Å². The van der Waals surface area contributed by atoms with Crippen LogP contribution in [-0.2, 0) is 7.05 Å². The number of nitrogen functional groups attached to an aromatic ring is 1. The molecule has 4 N–H and O–H groups in total. The summed E-state index contributed by atoms with van der Waals surface area (Å²) < 4.78 is 7.38. The first-order valence-electron chi connectivity index (χ1n) is 7.14. The van der Waals surface area contributed by atoms with Gasteiger partial charge in [0, 0.05) is 35.5 Å². The number of nitrogens with zero attached hydrogens (tertiary/aromatic N) is 1. The Kier molecular flexibility index (Phi) is 4.08. The van der Waals surface area contributed by atoms with Crippen molar-refractivity contribution in [2.24, 2.45) is 7.05 Å². The fourth-order valence-electron chi connectivity index (χ4n) is 2.51. The molecule has 3 aromatic rings. The summed E-state index contributed by atoms with van der Waals surface area (Å²) in [5.74, 6) is 0.682. The predicted molar refractivity (Wildman–Crippen MR) is 100 cm³/mol. The molecule has 0 spiro atoms. The third kappa shape index (κ3) is 3.07. The maximum atomic E-state index is 5.83. The molecule has 0 amide bonds. The van der Waals surface area contributed by atoms with Crippen LogP contribution >= 0.6 is 12.2 Å². The van der Waals surface area contributed by atoms with Gasteiger partial charge in [-0.3, -0.25) is 0 Å². The van der Waals surface area contributed by atoms with E-state index in [9.17, 15) is 0 Å². The Morgan fingerprint density at radius 1 is 1.13 bits per heavy atom. The Morgan fingerprint density at radius 2 is 1.91 bits per heavy atom. The van der Waals surface area contributed by atoms with Crippen LogP contribution in [0.15, 0.2) is 48.7 Å². The molecule has 1 heterocycles. The van der Waals surface area contributed by atoms with E-state index in [-0.39, 0.29) is 0 Å². The highest BCUT2D eigenvalue weighted by atomic mass is 32.1. The van der Waals surface area contributed by atoms with Gasteiger partial charge in [0.05, 0.1) is 12.8 Å². The lowest BCUT2D eigenvalue weighted by Crippen LogP contribution is -2.19. The van der Waals surface area contributed by atoms with Crippen molar-refractivity contribution in [3.05, 3.63) is 48.7 Å². The number of thiocarbonyl (C=S) groups is 1. The molecule has 5 nitrogen and oxygen atoms in total. The zero-order chi connectivity index (χ0) is 16.4. The number of nitrogens with two attached hydrogens (primary N) is 1. The van der Waals surface area contributed by atoms with E-state index >= 15 is 0 Å². The fraction of sp³-hybridized carbons (Fsp3) is 0.118. The molecule has 2 aromatic carbocycles. The smallest absolute Gasteiger partial charge is 0.175 e. The fourth-order valence-corrected chi connectivity index (χ4v) is 2.73. The largest absolute Gasteiger partial charge is 0.495 e. The summed E-state index contributed by atoms with van der Waals surface area (Å²) >= 11 is 5.41. The number of methoxy groups -OCH3 is 1. The van der Waals surface area contributed by atoms with Crippen LogP contribution in [0.3, 0.4) is 0 Å². The molecule has 0 saturated carbocycles. The van der Waals surface area contributed by atoms with Gasteiger partial charge in [-0.25, -0.2) is 0 Å². The topological polar surface area (TPSA) is 64.2 Å². The molecule has 0 bridgehead atoms. The highest BCUT2D eigenvalue weighted by Gasteiger charge is 2.08. The number of fused-ring (bicyclic) bond motifs is 1. The van der Waals surface area contributed by atoms with E-state index in [0.29, 0.717) is 16.5 Å². The van der Waals surface area contributed by atoms with Crippen LogP contribution in [0, 0.1) is 0 Å². The highest BCUT2D eigenvalue weighted by Crippen LogP contribution is 2.28. The molecule has 0 aliphatic rings. The minimum Gasteiger partial charge on any atom is -0.495 e. The summed E-state index contributed by atoms with van der Waals surface area (Å²) in [6.07, 6.45) is 2.02. The summed E-state index contributed by atoms with van der Waals surface area (Å²) in [6.45, 7) is 0. The Labute approximate surface area is 140 Å². The van der Waals surface area contributed by atoms with Crippen molar-refractivity contribution in [2.45, 2.75) is 0 Å². The standard InChI is InChI=1S/C17H18N4OS/c1-21-9-8-12-13(4-3-5-15(12)21)19-17(23)20-14-10-11(18)6-7-16(14)22-2/h3-10H,18H2,1-2H3,(H2,19,20,23). The van der Waals surface area contributed by atoms with Gasteiger partial charge in [-0.2, -0.15) is 0 Å². The van der Waals surface area contributed by atoms with Crippen LogP contribution < -0.4 is 21.1 Å². The molecular formula is C17H18N4OS. The van der Waals surface area contributed by atoms with E-state index in [1.165, 1.54) is 0 Å². The molecule has 0 fully saturated rings. The molecule has 1 aromatic heterocycles. The zero-order valence-electron chi connectivity index (χ0n) is 13.0. The van der Waals surface area contributed by atoms with Crippen LogP contribution in [0.25, 0.3) is 10.9 Å². The Bertz CT molecular complexity index is 872. The molecule has 0 aliphatic carbocycles. The quantitative estimate of drug-likeness (QED) is 0.507. The van der Waals surface area contributed by atoms with Gasteiger partial charge in [-0.05, 0) is 48.6 Å². The van der Waals surface area contributed by atoms with Crippen molar-refractivity contribution >= 4 is 45.3 Å². The van der Waals surface area contributed by atoms with Crippen molar-refractivity contribution in [2.75, 3.05) is 23.5 Å². The third-order valence-electron chi connectivity index (χ3n) is 3.65. The van der Waals surface area contributed by atoms with E-state index in [0.717, 1.165) is 22.3 Å². The molecule has 0 saturated heterocycles. The minimum absolute atomic E-state index is 0.477. The van der Waals surface area contributed by atoms with Crippen molar-refractivity contribution in [1.29, 1.82) is 0 Å². The van der Waals surface area contributed by atoms with Crippen LogP contribution in [0.5, 0.6) is 5.75 Å². The highest BCUT2D eigenvalue weighted by molar-refractivity contribution is 7.80. The third-order valence-corrected chi connectivity index (χ3v) is 3.85. The van der Waals surface area contributed by atoms with Gasteiger partial charge in [-0.1, -0.05) is 6.07 Å². The molecule has 118 valence electrons. The van der Waals surface area contributed by atoms with Gasteiger partial charge < -0.3 is 25.7 Å². The number of anilines is 3. The van der Waals surface area contributed by atoms with E-state index in [4.69, 9.17) is 22.7 Å². The number of ether oxygens (including phenoxy) is 1. The molecule has 0 aliphatic heterocycles. The maximum Gasteiger partial charge on any atom is 0.175 e. The van der Waals surface area contributed by atoms with E-state index in [1.807, 2.05) is 25.4 Å². The van der Waals surface area contributed by atoms with E-state index in [2.05, 4.69) is 27.3 Å². The summed E-state index contributed by atoms with van der Waals surface area (Å²) in [6, 6.07) is 13.5. The Balaban J connectivity index is 1.83. The predicted octanol–water partition coefficient (Wildman–Crippen LogP) is 3.58. The second-order valence-corrected chi connectivity index (χ2v) is 5.61. The first-order chi connectivity index (χ1) is 11.1. The molecule has 0 unspecified atom stereocenters. The first kappa shape index (κ1) is 15.2. The molecule has 0 atom stereocenters. The normalized spacial score (nSPS) is 10.5. The number of rotatable bonds is 3. The average Bonchev–Trinajstić information content (AvgIpc) is 2.90. The van der Waals surface area contributed by atoms with Gasteiger partial charge in [0.2, 0.25) is 0 Å². The summed E-state index contributed by atoms with van der Waals surface area (Å²) in [5, 5.41) is 7.95. The van der Waals surface area contributed by atoms with E-state index < -0.39 is 0 Å². The summed E-state index contributed by atoms with van der Waals surface area (Å²) in [5.41, 5.74) is 9.28. The number of aryl methyl sites for hydroxylation is 1. The monoisotopic (exact) mass is 326 g/mol. The number of benzene rings is 2. The molecule has 0 radical (unpaired) electrons. The lowest BCUT2D eigenvalue weighted by Gasteiger charge is -2.14. The van der Waals surface area contributed by atoms with Gasteiger partial charge in [0.25, 0.3) is 0 Å². The van der Waals surface area contributed by atoms with Crippen molar-refractivity contribution < 1.29 is 4.74 Å². The summed E-state index contributed by atoms with van der Waals surface area (Å²) in [7, 11) is 3.62. The molecular weight excluding hydrogens is 308 g/mol. The van der Waals surface area contributed by atoms with Crippen LogP contribution in [-0.4, -0.2) is 16.8 Å². The second-order valence-electron chi connectivity index (χ2n) is 5.20. The van der Waals surface area contributed by atoms with Gasteiger partial charge in [-0.15, -0.1) is 0 Å². The molecule has 6 heteroatoms. The average molecular weight is 326 g/mol. The van der Waals surface area contributed by atoms with Crippen molar-refractivity contribution in [1.82, 2.24) is 4.57 Å². The van der Waals surface area contributed by atoms with Crippen LogP contribution in [0.2, 0.25) is 0 Å². The van der Waals surface area contributed by atoms with Gasteiger partial charge >= 0.3 is 0 Å². The van der Waals surface area contributed by atoms with Gasteiger partial charge in [0.15, 0.2) is 5.11 Å².